The van der Waals surface area contributed by atoms with Gasteiger partial charge in [0.2, 0.25) is 0 Å². The van der Waals surface area contributed by atoms with Crippen molar-refractivity contribution in [2.24, 2.45) is 0 Å². The van der Waals surface area contributed by atoms with Gasteiger partial charge in [-0.25, -0.2) is 4.39 Å². The maximum absolute atomic E-state index is 13.9. The summed E-state index contributed by atoms with van der Waals surface area (Å²) in [7, 11) is 0. The first kappa shape index (κ1) is 14.3. The molecule has 1 aromatic carbocycles. The van der Waals surface area contributed by atoms with E-state index in [1.54, 1.807) is 6.07 Å². The summed E-state index contributed by atoms with van der Waals surface area (Å²) < 4.78 is 26.1. The molecule has 1 N–H and O–H groups in total. The fourth-order valence-corrected chi connectivity index (χ4v) is 3.54. The zero-order valence-corrected chi connectivity index (χ0v) is 12.9. The summed E-state index contributed by atoms with van der Waals surface area (Å²) in [5.74, 6) is -0.216. The van der Waals surface area contributed by atoms with Crippen molar-refractivity contribution in [3.8, 4) is 0 Å². The largest absolute Gasteiger partial charge is 0.381 e. The number of ether oxygens (including phenoxy) is 2. The van der Waals surface area contributed by atoms with Gasteiger partial charge in [0.15, 0.2) is 0 Å². The maximum atomic E-state index is 13.9. The van der Waals surface area contributed by atoms with Gasteiger partial charge in [-0.1, -0.05) is 6.07 Å². The highest BCUT2D eigenvalue weighted by Gasteiger charge is 2.39. The van der Waals surface area contributed by atoms with Crippen LogP contribution in [0.4, 0.5) is 10.1 Å². The van der Waals surface area contributed by atoms with E-state index in [2.05, 4.69) is 21.2 Å². The average Bonchev–Trinajstić information content (AvgIpc) is 2.44. The summed E-state index contributed by atoms with van der Waals surface area (Å²) in [5, 5.41) is 3.35. The summed E-state index contributed by atoms with van der Waals surface area (Å²) in [5.41, 5.74) is 0.480. The molecule has 0 amide bonds. The van der Waals surface area contributed by atoms with Crippen molar-refractivity contribution in [1.29, 1.82) is 0 Å². The van der Waals surface area contributed by atoms with Crippen LogP contribution in [0.3, 0.4) is 0 Å². The molecule has 2 heterocycles. The normalized spacial score (nSPS) is 25.6. The molecule has 0 radical (unpaired) electrons. The minimum Gasteiger partial charge on any atom is -0.381 e. The van der Waals surface area contributed by atoms with E-state index in [1.807, 2.05) is 6.07 Å². The Morgan fingerprint density at radius 1 is 1.25 bits per heavy atom. The molecule has 2 saturated heterocycles. The number of anilines is 1. The molecule has 2 aliphatic rings. The molecule has 0 bridgehead atoms. The molecule has 5 heteroatoms. The first-order chi connectivity index (χ1) is 9.69. The van der Waals surface area contributed by atoms with E-state index >= 15 is 0 Å². The van der Waals surface area contributed by atoms with Gasteiger partial charge in [-0.15, -0.1) is 0 Å². The zero-order chi connectivity index (χ0) is 14.0. The Hall–Kier alpha value is -0.650. The van der Waals surface area contributed by atoms with Crippen LogP contribution < -0.4 is 5.32 Å². The molecular formula is C15H19BrFNO2. The van der Waals surface area contributed by atoms with Gasteiger partial charge < -0.3 is 14.8 Å². The average molecular weight is 344 g/mol. The second-order valence-electron chi connectivity index (χ2n) is 5.57. The smallest absolute Gasteiger partial charge is 0.147 e. The standard InChI is InChI=1S/C15H19BrFNO2/c16-12-2-1-3-13(17)14(12)18-11-4-7-20-15(10-11)5-8-19-9-6-15/h1-3,11,18H,4-10H2. The zero-order valence-electron chi connectivity index (χ0n) is 11.3. The predicted molar refractivity (Wildman–Crippen MR) is 79.5 cm³/mol. The molecule has 0 saturated carbocycles. The quantitative estimate of drug-likeness (QED) is 0.887. The Kier molecular flexibility index (Phi) is 4.29. The van der Waals surface area contributed by atoms with Crippen LogP contribution in [0.15, 0.2) is 22.7 Å². The van der Waals surface area contributed by atoms with Crippen molar-refractivity contribution < 1.29 is 13.9 Å². The number of hydrogen-bond donors (Lipinski definition) is 1. The highest BCUT2D eigenvalue weighted by molar-refractivity contribution is 9.10. The molecule has 110 valence electrons. The van der Waals surface area contributed by atoms with Gasteiger partial charge in [0.25, 0.3) is 0 Å². The minimum absolute atomic E-state index is 0.0775. The van der Waals surface area contributed by atoms with Crippen molar-refractivity contribution in [2.75, 3.05) is 25.1 Å². The summed E-state index contributed by atoms with van der Waals surface area (Å²) >= 11 is 3.41. The number of benzene rings is 1. The van der Waals surface area contributed by atoms with Gasteiger partial charge >= 0.3 is 0 Å². The van der Waals surface area contributed by atoms with Crippen LogP contribution in [0.1, 0.15) is 25.7 Å². The van der Waals surface area contributed by atoms with Crippen LogP contribution in [-0.4, -0.2) is 31.5 Å². The third-order valence-electron chi connectivity index (χ3n) is 4.21. The van der Waals surface area contributed by atoms with Crippen molar-refractivity contribution in [3.05, 3.63) is 28.5 Å². The maximum Gasteiger partial charge on any atom is 0.147 e. The molecule has 1 unspecified atom stereocenters. The third kappa shape index (κ3) is 3.00. The molecule has 1 spiro atoms. The molecule has 3 nitrogen and oxygen atoms in total. The van der Waals surface area contributed by atoms with E-state index < -0.39 is 0 Å². The number of nitrogens with one attached hydrogen (secondary N) is 1. The van der Waals surface area contributed by atoms with Gasteiger partial charge in [0.05, 0.1) is 11.3 Å². The summed E-state index contributed by atoms with van der Waals surface area (Å²) in [6.45, 7) is 2.25. The van der Waals surface area contributed by atoms with Crippen molar-refractivity contribution >= 4 is 21.6 Å². The predicted octanol–water partition coefficient (Wildman–Crippen LogP) is 3.73. The van der Waals surface area contributed by atoms with Crippen LogP contribution >= 0.6 is 15.9 Å². The third-order valence-corrected chi connectivity index (χ3v) is 4.87. The summed E-state index contributed by atoms with van der Waals surface area (Å²) in [4.78, 5) is 0. The first-order valence-corrected chi connectivity index (χ1v) is 7.90. The molecule has 0 aliphatic carbocycles. The van der Waals surface area contributed by atoms with E-state index in [0.717, 1.165) is 50.0 Å². The molecule has 1 atom stereocenters. The molecule has 2 fully saturated rings. The lowest BCUT2D eigenvalue weighted by atomic mass is 9.84. The Labute approximate surface area is 127 Å². The number of hydrogen-bond acceptors (Lipinski definition) is 3. The first-order valence-electron chi connectivity index (χ1n) is 7.11. The van der Waals surface area contributed by atoms with Crippen LogP contribution in [0.5, 0.6) is 0 Å². The highest BCUT2D eigenvalue weighted by Crippen LogP contribution is 2.36. The number of rotatable bonds is 2. The highest BCUT2D eigenvalue weighted by atomic mass is 79.9. The molecule has 1 aromatic rings. The van der Waals surface area contributed by atoms with Crippen molar-refractivity contribution in [3.63, 3.8) is 0 Å². The monoisotopic (exact) mass is 343 g/mol. The lowest BCUT2D eigenvalue weighted by molar-refractivity contribution is -0.135. The Bertz CT molecular complexity index is 451. The molecular weight excluding hydrogens is 325 g/mol. The molecule has 0 aromatic heterocycles. The van der Waals surface area contributed by atoms with Crippen LogP contribution in [0, 0.1) is 5.82 Å². The van der Waals surface area contributed by atoms with Gasteiger partial charge in [0.1, 0.15) is 5.82 Å². The second-order valence-corrected chi connectivity index (χ2v) is 6.43. The lowest BCUT2D eigenvalue weighted by Gasteiger charge is -2.43. The topological polar surface area (TPSA) is 30.5 Å². The van der Waals surface area contributed by atoms with E-state index in [-0.39, 0.29) is 17.5 Å². The van der Waals surface area contributed by atoms with E-state index in [4.69, 9.17) is 9.47 Å². The Morgan fingerprint density at radius 3 is 2.80 bits per heavy atom. The van der Waals surface area contributed by atoms with Crippen molar-refractivity contribution in [1.82, 2.24) is 0 Å². The van der Waals surface area contributed by atoms with E-state index in [9.17, 15) is 4.39 Å². The van der Waals surface area contributed by atoms with E-state index in [1.165, 1.54) is 6.07 Å². The van der Waals surface area contributed by atoms with Crippen molar-refractivity contribution in [2.45, 2.75) is 37.3 Å². The molecule has 2 aliphatic heterocycles. The fraction of sp³-hybridized carbons (Fsp3) is 0.600. The second kappa shape index (κ2) is 6.00. The molecule has 3 rings (SSSR count). The number of para-hydroxylation sites is 1. The lowest BCUT2D eigenvalue weighted by Crippen LogP contribution is -2.47. The van der Waals surface area contributed by atoms with Gasteiger partial charge in [-0.2, -0.15) is 0 Å². The molecule has 20 heavy (non-hydrogen) atoms. The number of halogens is 2. The minimum atomic E-state index is -0.216. The van der Waals surface area contributed by atoms with Crippen LogP contribution in [-0.2, 0) is 9.47 Å². The van der Waals surface area contributed by atoms with Gasteiger partial charge in [-0.05, 0) is 53.7 Å². The Balaban J connectivity index is 1.71. The van der Waals surface area contributed by atoms with Gasteiger partial charge in [0, 0.05) is 30.3 Å². The van der Waals surface area contributed by atoms with E-state index in [0.29, 0.717) is 5.69 Å². The summed E-state index contributed by atoms with van der Waals surface area (Å²) in [6, 6.07) is 5.29. The SMILES string of the molecule is Fc1cccc(Br)c1NC1CCOC2(CCOCC2)C1. The summed E-state index contributed by atoms with van der Waals surface area (Å²) in [6.07, 6.45) is 3.69. The van der Waals surface area contributed by atoms with Crippen LogP contribution in [0.25, 0.3) is 0 Å². The van der Waals surface area contributed by atoms with Gasteiger partial charge in [-0.3, -0.25) is 0 Å². The fourth-order valence-electron chi connectivity index (χ4n) is 3.08. The Morgan fingerprint density at radius 2 is 2.05 bits per heavy atom. The van der Waals surface area contributed by atoms with Crippen LogP contribution in [0.2, 0.25) is 0 Å².